The maximum absolute atomic E-state index is 13.5. The second-order valence-corrected chi connectivity index (χ2v) is 8.68. The molecule has 3 aromatic rings. The Balaban J connectivity index is 1.53. The van der Waals surface area contributed by atoms with E-state index < -0.39 is 11.8 Å². The fourth-order valence-electron chi connectivity index (χ4n) is 4.69. The van der Waals surface area contributed by atoms with Crippen LogP contribution in [0.15, 0.2) is 83.6 Å². The normalized spacial score (nSPS) is 25.6. The Morgan fingerprint density at radius 1 is 0.900 bits per heavy atom. The summed E-state index contributed by atoms with van der Waals surface area (Å²) in [6.07, 6.45) is 4.18. The highest BCUT2D eigenvalue weighted by Crippen LogP contribution is 2.45. The summed E-state index contributed by atoms with van der Waals surface area (Å²) in [5.41, 5.74) is 2.69. The molecule has 1 aromatic heterocycles. The molecule has 30 heavy (non-hydrogen) atoms. The molecule has 0 spiro atoms. The summed E-state index contributed by atoms with van der Waals surface area (Å²) >= 11 is 3.41. The van der Waals surface area contributed by atoms with Crippen LogP contribution in [0.4, 0.5) is 5.69 Å². The average molecular weight is 462 g/mol. The number of carbonyl (C=O) groups is 2. The topological polar surface area (TPSA) is 62.3 Å². The van der Waals surface area contributed by atoms with E-state index in [1.165, 1.54) is 4.90 Å². The van der Waals surface area contributed by atoms with Gasteiger partial charge < -0.3 is 5.32 Å². The molecule has 2 aliphatic rings. The molecule has 2 fully saturated rings. The SMILES string of the molecule is O=C1[C@@H]2[C@H](C(=O)N1c1ccc(Br)cc1)[C@@H](Cc1ccccc1)N[C@H]2c1cccnc1. The summed E-state index contributed by atoms with van der Waals surface area (Å²) < 4.78 is 0.905. The van der Waals surface area contributed by atoms with E-state index in [9.17, 15) is 9.59 Å². The molecule has 1 N–H and O–H groups in total. The number of benzene rings is 2. The van der Waals surface area contributed by atoms with E-state index in [0.29, 0.717) is 12.1 Å². The van der Waals surface area contributed by atoms with Crippen molar-refractivity contribution in [1.82, 2.24) is 10.3 Å². The fraction of sp³-hybridized carbons (Fsp3) is 0.208. The number of nitrogens with zero attached hydrogens (tertiary/aromatic N) is 2. The molecule has 3 heterocycles. The average Bonchev–Trinajstić information content (AvgIpc) is 3.27. The molecular weight excluding hydrogens is 442 g/mol. The molecule has 2 saturated heterocycles. The predicted octanol–water partition coefficient (Wildman–Crippen LogP) is 3.91. The zero-order valence-corrected chi connectivity index (χ0v) is 17.7. The Bertz CT molecular complexity index is 1070. The van der Waals surface area contributed by atoms with Crippen LogP contribution in [0.3, 0.4) is 0 Å². The number of fused-ring (bicyclic) bond motifs is 1. The first-order chi connectivity index (χ1) is 14.6. The molecule has 0 bridgehead atoms. The van der Waals surface area contributed by atoms with Crippen molar-refractivity contribution >= 4 is 33.4 Å². The van der Waals surface area contributed by atoms with Crippen molar-refractivity contribution in [2.24, 2.45) is 11.8 Å². The van der Waals surface area contributed by atoms with Crippen molar-refractivity contribution in [3.8, 4) is 0 Å². The minimum Gasteiger partial charge on any atom is -0.305 e. The lowest BCUT2D eigenvalue weighted by atomic mass is 9.85. The van der Waals surface area contributed by atoms with E-state index in [0.717, 1.165) is 15.6 Å². The molecule has 2 aliphatic heterocycles. The highest BCUT2D eigenvalue weighted by molar-refractivity contribution is 9.10. The van der Waals surface area contributed by atoms with Gasteiger partial charge in [-0.05, 0) is 47.9 Å². The third kappa shape index (κ3) is 3.26. The van der Waals surface area contributed by atoms with Crippen LogP contribution < -0.4 is 10.2 Å². The van der Waals surface area contributed by atoms with E-state index in [1.807, 2.05) is 42.5 Å². The van der Waals surface area contributed by atoms with Crippen LogP contribution in [-0.2, 0) is 16.0 Å². The molecular formula is C24H20BrN3O2. The third-order valence-corrected chi connectivity index (χ3v) is 6.54. The Morgan fingerprint density at radius 2 is 1.63 bits per heavy atom. The molecule has 0 radical (unpaired) electrons. The molecule has 0 unspecified atom stereocenters. The predicted molar refractivity (Wildman–Crippen MR) is 118 cm³/mol. The van der Waals surface area contributed by atoms with E-state index in [-0.39, 0.29) is 23.9 Å². The number of imide groups is 1. The summed E-state index contributed by atoms with van der Waals surface area (Å²) in [6, 6.07) is 20.9. The van der Waals surface area contributed by atoms with Gasteiger partial charge in [-0.15, -0.1) is 0 Å². The highest BCUT2D eigenvalue weighted by atomic mass is 79.9. The standard InChI is InChI=1S/C24H20BrN3O2/c25-17-8-10-18(11-9-17)28-23(29)20-19(13-15-5-2-1-3-6-15)27-22(21(20)24(28)30)16-7-4-12-26-14-16/h1-12,14,19-22,27H,13H2/t19-,20-,21-,22+/m1/s1. The first kappa shape index (κ1) is 19.2. The third-order valence-electron chi connectivity index (χ3n) is 6.01. The first-order valence-electron chi connectivity index (χ1n) is 9.97. The van der Waals surface area contributed by atoms with Crippen molar-refractivity contribution < 1.29 is 9.59 Å². The molecule has 5 rings (SSSR count). The second kappa shape index (κ2) is 7.78. The van der Waals surface area contributed by atoms with Crippen LogP contribution in [-0.4, -0.2) is 22.8 Å². The molecule has 0 aliphatic carbocycles. The summed E-state index contributed by atoms with van der Waals surface area (Å²) in [4.78, 5) is 32.6. The van der Waals surface area contributed by atoms with Gasteiger partial charge in [0.15, 0.2) is 0 Å². The molecule has 150 valence electrons. The lowest BCUT2D eigenvalue weighted by molar-refractivity contribution is -0.123. The molecule has 4 atom stereocenters. The van der Waals surface area contributed by atoms with Crippen molar-refractivity contribution in [2.75, 3.05) is 4.90 Å². The Kier molecular flexibility index (Phi) is 4.97. The lowest BCUT2D eigenvalue weighted by Crippen LogP contribution is -2.40. The highest BCUT2D eigenvalue weighted by Gasteiger charge is 2.59. The molecule has 5 nitrogen and oxygen atoms in total. The molecule has 6 heteroatoms. The number of halogens is 1. The van der Waals surface area contributed by atoms with Crippen molar-refractivity contribution in [1.29, 1.82) is 0 Å². The van der Waals surface area contributed by atoms with E-state index in [1.54, 1.807) is 24.5 Å². The largest absolute Gasteiger partial charge is 0.305 e. The number of carbonyl (C=O) groups excluding carboxylic acids is 2. The van der Waals surface area contributed by atoms with Gasteiger partial charge >= 0.3 is 0 Å². The zero-order chi connectivity index (χ0) is 20.7. The Morgan fingerprint density at radius 3 is 2.33 bits per heavy atom. The van der Waals surface area contributed by atoms with Gasteiger partial charge in [0.1, 0.15) is 0 Å². The van der Waals surface area contributed by atoms with E-state index in [4.69, 9.17) is 0 Å². The van der Waals surface area contributed by atoms with Gasteiger partial charge in [-0.2, -0.15) is 0 Å². The quantitative estimate of drug-likeness (QED) is 0.598. The van der Waals surface area contributed by atoms with Crippen LogP contribution in [0.2, 0.25) is 0 Å². The molecule has 0 saturated carbocycles. The monoisotopic (exact) mass is 461 g/mol. The van der Waals surface area contributed by atoms with Gasteiger partial charge in [0.05, 0.1) is 17.5 Å². The van der Waals surface area contributed by atoms with Gasteiger partial charge in [-0.3, -0.25) is 14.6 Å². The van der Waals surface area contributed by atoms with Crippen molar-refractivity contribution in [3.05, 3.63) is 94.7 Å². The number of amides is 2. The van der Waals surface area contributed by atoms with Crippen molar-refractivity contribution in [3.63, 3.8) is 0 Å². The number of rotatable bonds is 4. The van der Waals surface area contributed by atoms with Gasteiger partial charge in [0, 0.05) is 29.0 Å². The molecule has 2 aromatic carbocycles. The van der Waals surface area contributed by atoms with Crippen LogP contribution >= 0.6 is 15.9 Å². The summed E-state index contributed by atoms with van der Waals surface area (Å²) in [5, 5.41) is 3.58. The summed E-state index contributed by atoms with van der Waals surface area (Å²) in [6.45, 7) is 0. The summed E-state index contributed by atoms with van der Waals surface area (Å²) in [7, 11) is 0. The lowest BCUT2D eigenvalue weighted by Gasteiger charge is -2.22. The second-order valence-electron chi connectivity index (χ2n) is 7.77. The van der Waals surface area contributed by atoms with Gasteiger partial charge in [-0.25, -0.2) is 4.90 Å². The summed E-state index contributed by atoms with van der Waals surface area (Å²) in [5.74, 6) is -1.14. The molecule has 2 amide bonds. The van der Waals surface area contributed by atoms with Crippen LogP contribution in [0, 0.1) is 11.8 Å². The smallest absolute Gasteiger partial charge is 0.239 e. The first-order valence-corrected chi connectivity index (χ1v) is 10.8. The van der Waals surface area contributed by atoms with Crippen LogP contribution in [0.1, 0.15) is 17.2 Å². The number of hydrogen-bond donors (Lipinski definition) is 1. The number of pyridine rings is 1. The Hall–Kier alpha value is -2.83. The fourth-order valence-corrected chi connectivity index (χ4v) is 4.95. The van der Waals surface area contributed by atoms with Gasteiger partial charge in [0.2, 0.25) is 11.8 Å². The van der Waals surface area contributed by atoms with Gasteiger partial charge in [0.25, 0.3) is 0 Å². The van der Waals surface area contributed by atoms with Crippen molar-refractivity contribution in [2.45, 2.75) is 18.5 Å². The van der Waals surface area contributed by atoms with Crippen LogP contribution in [0.25, 0.3) is 0 Å². The van der Waals surface area contributed by atoms with Gasteiger partial charge in [-0.1, -0.05) is 52.3 Å². The minimum absolute atomic E-state index is 0.125. The maximum Gasteiger partial charge on any atom is 0.239 e. The van der Waals surface area contributed by atoms with E-state index in [2.05, 4.69) is 38.4 Å². The van der Waals surface area contributed by atoms with Crippen LogP contribution in [0.5, 0.6) is 0 Å². The zero-order valence-electron chi connectivity index (χ0n) is 16.1. The Labute approximate surface area is 183 Å². The minimum atomic E-state index is -0.445. The maximum atomic E-state index is 13.5. The van der Waals surface area contributed by atoms with E-state index >= 15 is 0 Å². The number of aromatic nitrogens is 1. The number of anilines is 1. The number of hydrogen-bond acceptors (Lipinski definition) is 4. The number of nitrogens with one attached hydrogen (secondary N) is 1.